The Hall–Kier alpha value is -3.35. The molecule has 3 rings (SSSR count). The lowest BCUT2D eigenvalue weighted by Crippen LogP contribution is -2.17. The maximum absolute atomic E-state index is 13.8. The first-order valence-electron chi connectivity index (χ1n) is 7.84. The molecule has 1 heterocycles. The van der Waals surface area contributed by atoms with Crippen molar-refractivity contribution in [2.24, 2.45) is 0 Å². The molecule has 0 bridgehead atoms. The van der Waals surface area contributed by atoms with Crippen LogP contribution in [-0.2, 0) is 17.8 Å². The predicted octanol–water partition coefficient (Wildman–Crippen LogP) is 3.52. The van der Waals surface area contributed by atoms with Gasteiger partial charge in [-0.15, -0.1) is 0 Å². The molecule has 26 heavy (non-hydrogen) atoms. The largest absolute Gasteiger partial charge is 0.459 e. The first kappa shape index (κ1) is 17.5. The first-order valence-corrected chi connectivity index (χ1v) is 7.84. The number of rotatable bonds is 6. The van der Waals surface area contributed by atoms with Crippen molar-refractivity contribution in [2.45, 2.75) is 13.0 Å². The fourth-order valence-electron chi connectivity index (χ4n) is 2.24. The van der Waals surface area contributed by atoms with Gasteiger partial charge in [0.2, 0.25) is 5.91 Å². The zero-order valence-corrected chi connectivity index (χ0v) is 13.7. The Kier molecular flexibility index (Phi) is 5.48. The zero-order chi connectivity index (χ0) is 18.4. The normalized spacial score (nSPS) is 10.4. The van der Waals surface area contributed by atoms with Crippen molar-refractivity contribution >= 4 is 11.7 Å². The number of nitrogens with zero attached hydrogens (tertiary/aromatic N) is 2. The third kappa shape index (κ3) is 4.83. The van der Waals surface area contributed by atoms with Crippen LogP contribution < -0.4 is 10.1 Å². The van der Waals surface area contributed by atoms with Gasteiger partial charge in [-0.25, -0.2) is 13.8 Å². The van der Waals surface area contributed by atoms with E-state index in [9.17, 15) is 13.6 Å². The molecule has 7 heteroatoms. The van der Waals surface area contributed by atoms with E-state index in [0.29, 0.717) is 5.56 Å². The molecule has 0 aliphatic heterocycles. The van der Waals surface area contributed by atoms with Gasteiger partial charge in [-0.3, -0.25) is 4.79 Å². The van der Waals surface area contributed by atoms with Gasteiger partial charge in [-0.2, -0.15) is 4.98 Å². The Bertz CT molecular complexity index is 904. The molecule has 0 saturated carbocycles. The number of benzene rings is 2. The van der Waals surface area contributed by atoms with Crippen LogP contribution in [0.3, 0.4) is 0 Å². The molecule has 0 radical (unpaired) electrons. The smallest absolute Gasteiger partial charge is 0.318 e. The van der Waals surface area contributed by atoms with Crippen molar-refractivity contribution in [3.63, 3.8) is 0 Å². The second-order valence-electron chi connectivity index (χ2n) is 5.48. The highest BCUT2D eigenvalue weighted by Crippen LogP contribution is 2.15. The summed E-state index contributed by atoms with van der Waals surface area (Å²) in [5, 5.41) is 2.40. The lowest BCUT2D eigenvalue weighted by molar-refractivity contribution is -0.115. The maximum atomic E-state index is 13.8. The molecule has 0 aliphatic rings. The second-order valence-corrected chi connectivity index (χ2v) is 5.48. The van der Waals surface area contributed by atoms with Gasteiger partial charge < -0.3 is 10.1 Å². The topological polar surface area (TPSA) is 64.1 Å². The average molecular weight is 355 g/mol. The molecule has 0 saturated heterocycles. The quantitative estimate of drug-likeness (QED) is 0.735. The predicted molar refractivity (Wildman–Crippen MR) is 91.5 cm³/mol. The lowest BCUT2D eigenvalue weighted by atomic mass is 10.1. The average Bonchev–Trinajstić information content (AvgIpc) is 2.63. The van der Waals surface area contributed by atoms with Crippen LogP contribution >= 0.6 is 0 Å². The van der Waals surface area contributed by atoms with Gasteiger partial charge in [0, 0.05) is 0 Å². The molecule has 0 spiro atoms. The summed E-state index contributed by atoms with van der Waals surface area (Å²) in [6.45, 7) is 0.0147. The Balaban J connectivity index is 1.64. The summed E-state index contributed by atoms with van der Waals surface area (Å²) in [4.78, 5) is 19.6. The van der Waals surface area contributed by atoms with Crippen molar-refractivity contribution in [3.05, 3.63) is 83.6 Å². The van der Waals surface area contributed by atoms with Crippen molar-refractivity contribution in [2.75, 3.05) is 5.32 Å². The van der Waals surface area contributed by atoms with Crippen LogP contribution in [0.25, 0.3) is 0 Å². The van der Waals surface area contributed by atoms with E-state index in [2.05, 4.69) is 15.3 Å². The Morgan fingerprint density at radius 1 is 1.04 bits per heavy atom. The van der Waals surface area contributed by atoms with Gasteiger partial charge in [-0.1, -0.05) is 42.5 Å². The number of halogens is 2. The molecule has 2 aromatic carbocycles. The summed E-state index contributed by atoms with van der Waals surface area (Å²) < 4.78 is 32.3. The van der Waals surface area contributed by atoms with Gasteiger partial charge in [0.25, 0.3) is 0 Å². The van der Waals surface area contributed by atoms with E-state index in [1.165, 1.54) is 12.1 Å². The van der Waals surface area contributed by atoms with E-state index in [-0.39, 0.29) is 30.7 Å². The lowest BCUT2D eigenvalue weighted by Gasteiger charge is -2.08. The van der Waals surface area contributed by atoms with E-state index in [1.54, 1.807) is 24.3 Å². The Morgan fingerprint density at radius 3 is 2.58 bits per heavy atom. The first-order chi connectivity index (χ1) is 12.6. The summed E-state index contributed by atoms with van der Waals surface area (Å²) in [7, 11) is 0. The van der Waals surface area contributed by atoms with Crippen LogP contribution in [0.5, 0.6) is 6.01 Å². The minimum atomic E-state index is -0.774. The third-order valence-electron chi connectivity index (χ3n) is 3.44. The number of anilines is 1. The summed E-state index contributed by atoms with van der Waals surface area (Å²) in [5.41, 5.74) is 1.37. The number of nitrogens with one attached hydrogen (secondary N) is 1. The Morgan fingerprint density at radius 2 is 1.81 bits per heavy atom. The minimum Gasteiger partial charge on any atom is -0.459 e. The number of carbonyl (C=O) groups is 1. The zero-order valence-electron chi connectivity index (χ0n) is 13.7. The number of carbonyl (C=O) groups excluding carboxylic acids is 1. The summed E-state index contributed by atoms with van der Waals surface area (Å²) in [6, 6.07) is 14.8. The fraction of sp³-hybridized carbons (Fsp3) is 0.105. The number of hydrogen-bond acceptors (Lipinski definition) is 4. The van der Waals surface area contributed by atoms with E-state index in [0.717, 1.165) is 11.8 Å². The molecule has 5 nitrogen and oxygen atoms in total. The van der Waals surface area contributed by atoms with Crippen LogP contribution in [0.2, 0.25) is 0 Å². The van der Waals surface area contributed by atoms with Crippen LogP contribution in [0.15, 0.2) is 60.8 Å². The standard InChI is InChI=1S/C19H15F2N3O2/c20-15-8-4-7-14(9-15)12-26-19-22-11-16(21)18(24-19)23-17(25)10-13-5-2-1-3-6-13/h1-9,11H,10,12H2,(H,22,23,24,25). The third-order valence-corrected chi connectivity index (χ3v) is 3.44. The maximum Gasteiger partial charge on any atom is 0.318 e. The SMILES string of the molecule is O=C(Cc1ccccc1)Nc1nc(OCc2cccc(F)c2)ncc1F. The number of ether oxygens (including phenoxy) is 1. The van der Waals surface area contributed by atoms with Crippen molar-refractivity contribution in [1.82, 2.24) is 9.97 Å². The summed E-state index contributed by atoms with van der Waals surface area (Å²) in [5.74, 6) is -1.84. The Labute approximate surface area is 148 Å². The van der Waals surface area contributed by atoms with Crippen LogP contribution in [0.4, 0.5) is 14.6 Å². The molecule has 1 N–H and O–H groups in total. The highest BCUT2D eigenvalue weighted by atomic mass is 19.1. The number of aromatic nitrogens is 2. The monoisotopic (exact) mass is 355 g/mol. The van der Waals surface area contributed by atoms with Crippen molar-refractivity contribution < 1.29 is 18.3 Å². The molecule has 0 fully saturated rings. The summed E-state index contributed by atoms with van der Waals surface area (Å²) in [6.07, 6.45) is 0.996. The second kappa shape index (κ2) is 8.15. The van der Waals surface area contributed by atoms with E-state index >= 15 is 0 Å². The van der Waals surface area contributed by atoms with Crippen LogP contribution in [0.1, 0.15) is 11.1 Å². The fourth-order valence-corrected chi connectivity index (χ4v) is 2.24. The van der Waals surface area contributed by atoms with Gasteiger partial charge in [0.1, 0.15) is 12.4 Å². The van der Waals surface area contributed by atoms with Gasteiger partial charge in [0.15, 0.2) is 11.6 Å². The molecule has 1 amide bonds. The number of hydrogen-bond donors (Lipinski definition) is 1. The molecular formula is C19H15F2N3O2. The van der Waals surface area contributed by atoms with Gasteiger partial charge >= 0.3 is 6.01 Å². The van der Waals surface area contributed by atoms with E-state index in [4.69, 9.17) is 4.74 Å². The van der Waals surface area contributed by atoms with Crippen molar-refractivity contribution in [1.29, 1.82) is 0 Å². The minimum absolute atomic E-state index is 0.0147. The molecule has 1 aromatic heterocycles. The van der Waals surface area contributed by atoms with Gasteiger partial charge in [0.05, 0.1) is 12.6 Å². The van der Waals surface area contributed by atoms with Crippen molar-refractivity contribution in [3.8, 4) is 6.01 Å². The molecular weight excluding hydrogens is 340 g/mol. The summed E-state index contributed by atoms with van der Waals surface area (Å²) >= 11 is 0. The molecule has 132 valence electrons. The van der Waals surface area contributed by atoms with Crippen LogP contribution in [0, 0.1) is 11.6 Å². The molecule has 3 aromatic rings. The highest BCUT2D eigenvalue weighted by Gasteiger charge is 2.12. The molecule has 0 unspecified atom stereocenters. The van der Waals surface area contributed by atoms with Gasteiger partial charge in [-0.05, 0) is 23.3 Å². The number of amides is 1. The molecule has 0 aliphatic carbocycles. The van der Waals surface area contributed by atoms with Crippen LogP contribution in [-0.4, -0.2) is 15.9 Å². The van der Waals surface area contributed by atoms with E-state index in [1.807, 2.05) is 18.2 Å². The molecule has 0 atom stereocenters. The van der Waals surface area contributed by atoms with E-state index < -0.39 is 11.7 Å². The highest BCUT2D eigenvalue weighted by molar-refractivity contribution is 5.91.